The first-order valence-corrected chi connectivity index (χ1v) is 10.2. The Morgan fingerprint density at radius 2 is 1.65 bits per heavy atom. The fourth-order valence-electron chi connectivity index (χ4n) is 2.77. The van der Waals surface area contributed by atoms with Gasteiger partial charge in [0.1, 0.15) is 13.2 Å². The van der Waals surface area contributed by atoms with Crippen molar-refractivity contribution in [3.8, 4) is 11.5 Å². The van der Waals surface area contributed by atoms with Gasteiger partial charge in [-0.2, -0.15) is 4.98 Å². The number of hydrogen-bond donors (Lipinski definition) is 2. The van der Waals surface area contributed by atoms with E-state index in [1.807, 2.05) is 0 Å². The molecule has 1 aromatic heterocycles. The van der Waals surface area contributed by atoms with Gasteiger partial charge in [0, 0.05) is 43.8 Å². The van der Waals surface area contributed by atoms with Crippen LogP contribution in [0.1, 0.15) is 0 Å². The number of benzene rings is 2. The van der Waals surface area contributed by atoms with Crippen LogP contribution in [-0.4, -0.2) is 55.5 Å². The second-order valence-corrected chi connectivity index (χ2v) is 6.79. The Hall–Kier alpha value is -4.03. The molecule has 0 amide bonds. The highest BCUT2D eigenvalue weighted by atomic mass is 19.1. The second-order valence-electron chi connectivity index (χ2n) is 6.79. The highest BCUT2D eigenvalue weighted by Gasteiger charge is 2.12. The molecule has 34 heavy (non-hydrogen) atoms. The maximum absolute atomic E-state index is 14.3. The van der Waals surface area contributed by atoms with E-state index in [0.29, 0.717) is 49.3 Å². The van der Waals surface area contributed by atoms with E-state index < -0.39 is 10.7 Å². The van der Waals surface area contributed by atoms with Crippen LogP contribution in [0.5, 0.6) is 11.5 Å². The molecule has 0 unspecified atom stereocenters. The van der Waals surface area contributed by atoms with Gasteiger partial charge in [-0.15, -0.1) is 0 Å². The SMILES string of the molecule is COCCOc1ccc(Nc2ncc(F)c(Nc3cccc([N+](=O)[O-])c3)n2)cc1OCCOC. The van der Waals surface area contributed by atoms with Crippen LogP contribution in [0.4, 0.5) is 33.2 Å². The standard InChI is InChI=1S/C22H24FN5O6/c1-31-8-10-33-19-7-6-16(13-20(19)34-11-9-32-2)26-22-24-14-18(23)21(27-22)25-15-4-3-5-17(12-15)28(29)30/h3-7,12-14H,8-11H2,1-2H3,(H2,24,25,26,27). The molecule has 0 spiro atoms. The molecule has 11 nitrogen and oxygen atoms in total. The van der Waals surface area contributed by atoms with Crippen LogP contribution in [0.2, 0.25) is 0 Å². The lowest BCUT2D eigenvalue weighted by molar-refractivity contribution is -0.384. The summed E-state index contributed by atoms with van der Waals surface area (Å²) in [5, 5.41) is 16.7. The van der Waals surface area contributed by atoms with Crippen molar-refractivity contribution in [3.05, 3.63) is 64.6 Å². The van der Waals surface area contributed by atoms with Crippen molar-refractivity contribution >= 4 is 28.8 Å². The first-order chi connectivity index (χ1) is 16.5. The van der Waals surface area contributed by atoms with Crippen molar-refractivity contribution in [3.63, 3.8) is 0 Å². The monoisotopic (exact) mass is 473 g/mol. The maximum atomic E-state index is 14.3. The largest absolute Gasteiger partial charge is 0.487 e. The molecule has 0 saturated carbocycles. The molecule has 2 N–H and O–H groups in total. The summed E-state index contributed by atoms with van der Waals surface area (Å²) < 4.78 is 35.7. The molecule has 3 aromatic rings. The lowest BCUT2D eigenvalue weighted by Crippen LogP contribution is -2.09. The molecule has 0 fully saturated rings. The summed E-state index contributed by atoms with van der Waals surface area (Å²) in [6.45, 7) is 1.47. The summed E-state index contributed by atoms with van der Waals surface area (Å²) in [5.41, 5.74) is 0.746. The van der Waals surface area contributed by atoms with Crippen molar-refractivity contribution in [2.75, 3.05) is 51.3 Å². The Labute approximate surface area is 195 Å². The molecular formula is C22H24FN5O6. The minimum Gasteiger partial charge on any atom is -0.487 e. The number of methoxy groups -OCH3 is 2. The van der Waals surface area contributed by atoms with Gasteiger partial charge in [0.05, 0.1) is 24.3 Å². The Kier molecular flexibility index (Phi) is 8.88. The third-order valence-electron chi connectivity index (χ3n) is 4.35. The van der Waals surface area contributed by atoms with Gasteiger partial charge < -0.3 is 29.6 Å². The zero-order chi connectivity index (χ0) is 24.3. The molecule has 1 heterocycles. The first kappa shape index (κ1) is 24.6. The Morgan fingerprint density at radius 3 is 2.35 bits per heavy atom. The molecule has 180 valence electrons. The lowest BCUT2D eigenvalue weighted by atomic mass is 10.2. The highest BCUT2D eigenvalue weighted by molar-refractivity contribution is 5.63. The molecule has 3 rings (SSSR count). The molecule has 0 aliphatic heterocycles. The number of nitro benzene ring substituents is 1. The predicted octanol–water partition coefficient (Wildman–Crippen LogP) is 4.06. The van der Waals surface area contributed by atoms with Crippen molar-refractivity contribution in [1.82, 2.24) is 9.97 Å². The van der Waals surface area contributed by atoms with Gasteiger partial charge in [-0.3, -0.25) is 10.1 Å². The average Bonchev–Trinajstić information content (AvgIpc) is 2.83. The van der Waals surface area contributed by atoms with E-state index in [9.17, 15) is 14.5 Å². The predicted molar refractivity (Wildman–Crippen MR) is 123 cm³/mol. The summed E-state index contributed by atoms with van der Waals surface area (Å²) in [6.07, 6.45) is 0.993. The van der Waals surface area contributed by atoms with Crippen LogP contribution >= 0.6 is 0 Å². The minimum absolute atomic E-state index is 0.102. The quantitative estimate of drug-likeness (QED) is 0.213. The average molecular weight is 473 g/mol. The van der Waals surface area contributed by atoms with Crippen molar-refractivity contribution < 1.29 is 28.3 Å². The van der Waals surface area contributed by atoms with Crippen molar-refractivity contribution in [1.29, 1.82) is 0 Å². The summed E-state index contributed by atoms with van der Waals surface area (Å²) >= 11 is 0. The summed E-state index contributed by atoms with van der Waals surface area (Å²) in [4.78, 5) is 18.5. The van der Waals surface area contributed by atoms with Crippen LogP contribution < -0.4 is 20.1 Å². The number of nitrogens with one attached hydrogen (secondary N) is 2. The fourth-order valence-corrected chi connectivity index (χ4v) is 2.77. The van der Waals surface area contributed by atoms with Gasteiger partial charge >= 0.3 is 0 Å². The number of anilines is 4. The molecule has 0 radical (unpaired) electrons. The Morgan fingerprint density at radius 1 is 0.941 bits per heavy atom. The normalized spacial score (nSPS) is 10.6. The Bertz CT molecular complexity index is 1120. The van der Waals surface area contributed by atoms with E-state index in [0.717, 1.165) is 6.20 Å². The maximum Gasteiger partial charge on any atom is 0.271 e. The molecule has 0 aliphatic carbocycles. The summed E-state index contributed by atoms with van der Waals surface area (Å²) in [6, 6.07) is 10.8. The van der Waals surface area contributed by atoms with Gasteiger partial charge in [-0.25, -0.2) is 9.37 Å². The van der Waals surface area contributed by atoms with Crippen LogP contribution in [0.3, 0.4) is 0 Å². The number of rotatable bonds is 13. The van der Waals surface area contributed by atoms with Crippen LogP contribution in [0.15, 0.2) is 48.7 Å². The van der Waals surface area contributed by atoms with E-state index in [2.05, 4.69) is 20.6 Å². The topological polar surface area (TPSA) is 130 Å². The molecule has 0 atom stereocenters. The number of ether oxygens (including phenoxy) is 4. The van der Waals surface area contributed by atoms with E-state index in [-0.39, 0.29) is 17.5 Å². The first-order valence-electron chi connectivity index (χ1n) is 10.2. The number of aromatic nitrogens is 2. The smallest absolute Gasteiger partial charge is 0.271 e. The van der Waals surface area contributed by atoms with Crippen LogP contribution in [0, 0.1) is 15.9 Å². The molecule has 0 saturated heterocycles. The number of hydrogen-bond acceptors (Lipinski definition) is 10. The highest BCUT2D eigenvalue weighted by Crippen LogP contribution is 2.32. The van der Waals surface area contributed by atoms with Crippen LogP contribution in [0.25, 0.3) is 0 Å². The third kappa shape index (κ3) is 6.98. The van der Waals surface area contributed by atoms with Gasteiger partial charge in [0.2, 0.25) is 5.95 Å². The third-order valence-corrected chi connectivity index (χ3v) is 4.35. The van der Waals surface area contributed by atoms with Gasteiger partial charge in [-0.1, -0.05) is 6.07 Å². The van der Waals surface area contributed by atoms with E-state index in [4.69, 9.17) is 18.9 Å². The second kappa shape index (κ2) is 12.3. The number of non-ortho nitro benzene ring substituents is 1. The zero-order valence-corrected chi connectivity index (χ0v) is 18.6. The van der Waals surface area contributed by atoms with Gasteiger partial charge in [0.25, 0.3) is 5.69 Å². The van der Waals surface area contributed by atoms with Gasteiger partial charge in [0.15, 0.2) is 23.1 Å². The fraction of sp³-hybridized carbons (Fsp3) is 0.273. The minimum atomic E-state index is -0.720. The molecular weight excluding hydrogens is 449 g/mol. The van der Waals surface area contributed by atoms with Crippen molar-refractivity contribution in [2.45, 2.75) is 0 Å². The number of halogens is 1. The van der Waals surface area contributed by atoms with E-state index >= 15 is 0 Å². The summed E-state index contributed by atoms with van der Waals surface area (Å²) in [5.74, 6) is 0.226. The molecule has 0 aliphatic rings. The molecule has 0 bridgehead atoms. The molecule has 2 aromatic carbocycles. The van der Waals surface area contributed by atoms with E-state index in [1.165, 1.54) is 18.2 Å². The van der Waals surface area contributed by atoms with Crippen molar-refractivity contribution in [2.24, 2.45) is 0 Å². The number of nitro groups is 1. The molecule has 12 heteroatoms. The zero-order valence-electron chi connectivity index (χ0n) is 18.6. The Balaban J connectivity index is 1.78. The number of nitrogens with zero attached hydrogens (tertiary/aromatic N) is 3. The lowest BCUT2D eigenvalue weighted by Gasteiger charge is -2.15. The van der Waals surface area contributed by atoms with Crippen LogP contribution in [-0.2, 0) is 9.47 Å². The summed E-state index contributed by atoms with van der Waals surface area (Å²) in [7, 11) is 3.15. The van der Waals surface area contributed by atoms with E-state index in [1.54, 1.807) is 38.5 Å². The van der Waals surface area contributed by atoms with Gasteiger partial charge in [-0.05, 0) is 18.2 Å².